The van der Waals surface area contributed by atoms with Gasteiger partial charge in [-0.1, -0.05) is 17.7 Å². The molecule has 0 bridgehead atoms. The number of amides is 1. The van der Waals surface area contributed by atoms with E-state index in [4.69, 9.17) is 11.6 Å². The molecule has 0 aromatic carbocycles. The van der Waals surface area contributed by atoms with Gasteiger partial charge in [0.2, 0.25) is 5.91 Å². The summed E-state index contributed by atoms with van der Waals surface area (Å²) in [6, 6.07) is 6.49. The Balaban J connectivity index is 2.05. The van der Waals surface area contributed by atoms with Gasteiger partial charge in [-0.2, -0.15) is 0 Å². The van der Waals surface area contributed by atoms with Gasteiger partial charge in [0.25, 0.3) is 5.69 Å². The maximum Gasteiger partial charge on any atom is 0.289 e. The predicted octanol–water partition coefficient (Wildman–Crippen LogP) is 2.42. The lowest BCUT2D eigenvalue weighted by atomic mass is 10.3. The third kappa shape index (κ3) is 4.36. The van der Waals surface area contributed by atoms with Crippen LogP contribution in [0.1, 0.15) is 5.69 Å². The van der Waals surface area contributed by atoms with Gasteiger partial charge in [0, 0.05) is 18.8 Å². The van der Waals surface area contributed by atoms with E-state index < -0.39 is 4.92 Å². The van der Waals surface area contributed by atoms with Gasteiger partial charge < -0.3 is 10.2 Å². The first-order valence-corrected chi connectivity index (χ1v) is 6.99. The van der Waals surface area contributed by atoms with Crippen LogP contribution in [-0.2, 0) is 4.79 Å². The number of halogens is 1. The molecule has 120 valence electrons. The van der Waals surface area contributed by atoms with E-state index in [-0.39, 0.29) is 29.0 Å². The molecule has 0 unspecified atom stereocenters. The number of hydrogen-bond acceptors (Lipinski definition) is 6. The van der Waals surface area contributed by atoms with E-state index >= 15 is 0 Å². The van der Waals surface area contributed by atoms with Crippen LogP contribution in [0.3, 0.4) is 0 Å². The van der Waals surface area contributed by atoms with Crippen molar-refractivity contribution < 1.29 is 9.72 Å². The van der Waals surface area contributed by atoms with Crippen molar-refractivity contribution in [3.8, 4) is 0 Å². The Bertz CT molecular complexity index is 753. The first-order valence-electron chi connectivity index (χ1n) is 6.61. The summed E-state index contributed by atoms with van der Waals surface area (Å²) in [5.41, 5.74) is 0.580. The minimum absolute atomic E-state index is 0.0276. The maximum absolute atomic E-state index is 12.0. The largest absolute Gasteiger partial charge is 0.349 e. The highest BCUT2D eigenvalue weighted by Crippen LogP contribution is 2.26. The standard InChI is InChI=1S/C14H14ClN5O3/c1-9-4-3-5-12(17-9)18-13(21)8-19(2)14-11(15)6-10(7-16-14)20(22)23/h3-7H,8H2,1-2H3,(H,17,18,21). The number of nitrogens with one attached hydrogen (secondary N) is 1. The lowest BCUT2D eigenvalue weighted by molar-refractivity contribution is -0.385. The van der Waals surface area contributed by atoms with Crippen molar-refractivity contribution in [3.05, 3.63) is 51.3 Å². The highest BCUT2D eigenvalue weighted by Gasteiger charge is 2.16. The third-order valence-electron chi connectivity index (χ3n) is 2.92. The van der Waals surface area contributed by atoms with Gasteiger partial charge in [0.05, 0.1) is 16.5 Å². The molecule has 0 saturated heterocycles. The van der Waals surface area contributed by atoms with Crippen molar-refractivity contribution >= 4 is 34.8 Å². The Kier molecular flexibility index (Phi) is 5.07. The topological polar surface area (TPSA) is 101 Å². The number of aryl methyl sites for hydroxylation is 1. The summed E-state index contributed by atoms with van der Waals surface area (Å²) in [5, 5.41) is 13.4. The van der Waals surface area contributed by atoms with Gasteiger partial charge in [0.1, 0.15) is 17.8 Å². The van der Waals surface area contributed by atoms with Crippen LogP contribution < -0.4 is 10.2 Å². The minimum Gasteiger partial charge on any atom is -0.349 e. The smallest absolute Gasteiger partial charge is 0.289 e. The number of carbonyl (C=O) groups excluding carboxylic acids is 1. The molecule has 0 aliphatic heterocycles. The third-order valence-corrected chi connectivity index (χ3v) is 3.19. The summed E-state index contributed by atoms with van der Waals surface area (Å²) in [6.45, 7) is 1.79. The quantitative estimate of drug-likeness (QED) is 0.665. The molecule has 8 nitrogen and oxygen atoms in total. The van der Waals surface area contributed by atoms with Crippen LogP contribution in [0.5, 0.6) is 0 Å². The molecule has 0 saturated carbocycles. The highest BCUT2D eigenvalue weighted by atomic mass is 35.5. The summed E-state index contributed by atoms with van der Waals surface area (Å²) in [6.07, 6.45) is 1.09. The Hall–Kier alpha value is -2.74. The van der Waals surface area contributed by atoms with Crippen LogP contribution in [0.25, 0.3) is 0 Å². The maximum atomic E-state index is 12.0. The van der Waals surface area contributed by atoms with Crippen LogP contribution >= 0.6 is 11.6 Å². The van der Waals surface area contributed by atoms with Crippen LogP contribution in [-0.4, -0.2) is 34.4 Å². The second-order valence-electron chi connectivity index (χ2n) is 4.82. The van der Waals surface area contributed by atoms with Crippen molar-refractivity contribution in [2.45, 2.75) is 6.92 Å². The summed E-state index contributed by atoms with van der Waals surface area (Å²) in [4.78, 5) is 31.7. The first-order chi connectivity index (χ1) is 10.9. The number of aromatic nitrogens is 2. The second-order valence-corrected chi connectivity index (χ2v) is 5.23. The normalized spacial score (nSPS) is 10.2. The molecule has 1 N–H and O–H groups in total. The molecule has 23 heavy (non-hydrogen) atoms. The van der Waals surface area contributed by atoms with Gasteiger partial charge in [-0.3, -0.25) is 14.9 Å². The Morgan fingerprint density at radius 1 is 1.48 bits per heavy atom. The highest BCUT2D eigenvalue weighted by molar-refractivity contribution is 6.33. The Morgan fingerprint density at radius 3 is 2.83 bits per heavy atom. The number of pyridine rings is 2. The van der Waals surface area contributed by atoms with Gasteiger partial charge in [-0.15, -0.1) is 0 Å². The summed E-state index contributed by atoms with van der Waals surface area (Å²) in [7, 11) is 1.61. The van der Waals surface area contributed by atoms with E-state index in [0.717, 1.165) is 11.9 Å². The number of hydrogen-bond donors (Lipinski definition) is 1. The van der Waals surface area contributed by atoms with E-state index in [1.807, 2.05) is 13.0 Å². The van der Waals surface area contributed by atoms with Gasteiger partial charge in [-0.05, 0) is 19.1 Å². The zero-order valence-electron chi connectivity index (χ0n) is 12.5. The number of likely N-dealkylation sites (N-methyl/N-ethyl adjacent to an activating group) is 1. The number of nitro groups is 1. The minimum atomic E-state index is -0.585. The van der Waals surface area contributed by atoms with Gasteiger partial charge in [-0.25, -0.2) is 9.97 Å². The number of nitrogens with zero attached hydrogens (tertiary/aromatic N) is 4. The summed E-state index contributed by atoms with van der Waals surface area (Å²) < 4.78 is 0. The molecule has 0 aliphatic rings. The van der Waals surface area contributed by atoms with Crippen LogP contribution in [0, 0.1) is 17.0 Å². The number of rotatable bonds is 5. The van der Waals surface area contributed by atoms with Crippen molar-refractivity contribution in [1.29, 1.82) is 0 Å². The van der Waals surface area contributed by atoms with E-state index in [1.54, 1.807) is 19.2 Å². The van der Waals surface area contributed by atoms with E-state index in [0.29, 0.717) is 5.82 Å². The predicted molar refractivity (Wildman–Crippen MR) is 86.8 cm³/mol. The fourth-order valence-electron chi connectivity index (χ4n) is 1.89. The number of carbonyl (C=O) groups is 1. The Labute approximate surface area is 137 Å². The van der Waals surface area contributed by atoms with Gasteiger partial charge in [0.15, 0.2) is 0 Å². The molecule has 0 fully saturated rings. The fraction of sp³-hybridized carbons (Fsp3) is 0.214. The molecule has 1 amide bonds. The lowest BCUT2D eigenvalue weighted by Gasteiger charge is -2.18. The molecule has 2 heterocycles. The average molecular weight is 336 g/mol. The zero-order valence-corrected chi connectivity index (χ0v) is 13.2. The van der Waals surface area contributed by atoms with Crippen molar-refractivity contribution in [2.24, 2.45) is 0 Å². The molecular weight excluding hydrogens is 322 g/mol. The van der Waals surface area contributed by atoms with E-state index in [9.17, 15) is 14.9 Å². The molecule has 0 radical (unpaired) electrons. The monoisotopic (exact) mass is 335 g/mol. The molecule has 2 aromatic rings. The van der Waals surface area contributed by atoms with Gasteiger partial charge >= 0.3 is 0 Å². The number of anilines is 2. The van der Waals surface area contributed by atoms with Crippen LogP contribution in [0.15, 0.2) is 30.5 Å². The first kappa shape index (κ1) is 16.6. The molecule has 0 atom stereocenters. The molecule has 0 spiro atoms. The average Bonchev–Trinajstić information content (AvgIpc) is 2.46. The summed E-state index contributed by atoms with van der Waals surface area (Å²) in [5.74, 6) is 0.428. The lowest BCUT2D eigenvalue weighted by Crippen LogP contribution is -2.31. The second kappa shape index (κ2) is 7.01. The molecule has 9 heteroatoms. The fourth-order valence-corrected chi connectivity index (χ4v) is 2.19. The van der Waals surface area contributed by atoms with Crippen molar-refractivity contribution in [2.75, 3.05) is 23.8 Å². The van der Waals surface area contributed by atoms with E-state index in [2.05, 4.69) is 15.3 Å². The SMILES string of the molecule is Cc1cccc(NC(=O)CN(C)c2ncc([N+](=O)[O-])cc2Cl)n1. The molecule has 2 rings (SSSR count). The molecular formula is C14H14ClN5O3. The van der Waals surface area contributed by atoms with E-state index in [1.165, 1.54) is 11.0 Å². The van der Waals surface area contributed by atoms with Crippen LogP contribution in [0.4, 0.5) is 17.3 Å². The molecule has 2 aromatic heterocycles. The van der Waals surface area contributed by atoms with Crippen molar-refractivity contribution in [3.63, 3.8) is 0 Å². The molecule has 0 aliphatic carbocycles. The zero-order chi connectivity index (χ0) is 17.0. The van der Waals surface area contributed by atoms with Crippen molar-refractivity contribution in [1.82, 2.24) is 9.97 Å². The van der Waals surface area contributed by atoms with Crippen LogP contribution in [0.2, 0.25) is 5.02 Å². The summed E-state index contributed by atoms with van der Waals surface area (Å²) >= 11 is 5.98. The Morgan fingerprint density at radius 2 is 2.22 bits per heavy atom.